The Morgan fingerprint density at radius 2 is 1.21 bits per heavy atom. The van der Waals surface area contributed by atoms with Gasteiger partial charge in [0.2, 0.25) is 0 Å². The average Bonchev–Trinajstić information content (AvgIpc) is 2.73. The van der Waals surface area contributed by atoms with Crippen LogP contribution < -0.4 is 0 Å². The largest absolute Gasteiger partial charge is 0.379 e. The molecule has 0 fully saturated rings. The standard InChI is InChI=1S/C26H46O2/c1-3-5-6-7-8-9-10-11-12-13-14-15-19-22-27-24-26(4-2)28-23-25-20-17-16-18-21-25/h16-18,20-21,26H,3-15,19,22-24H2,1-2H3. The van der Waals surface area contributed by atoms with Crippen molar-refractivity contribution in [3.63, 3.8) is 0 Å². The number of rotatable bonds is 20. The van der Waals surface area contributed by atoms with E-state index >= 15 is 0 Å². The normalized spacial score (nSPS) is 12.4. The van der Waals surface area contributed by atoms with Gasteiger partial charge >= 0.3 is 0 Å². The molecule has 0 heterocycles. The zero-order valence-corrected chi connectivity index (χ0v) is 18.8. The van der Waals surface area contributed by atoms with Crippen LogP contribution in [0.3, 0.4) is 0 Å². The molecule has 28 heavy (non-hydrogen) atoms. The van der Waals surface area contributed by atoms with Gasteiger partial charge in [0, 0.05) is 6.61 Å². The van der Waals surface area contributed by atoms with E-state index in [2.05, 4.69) is 38.1 Å². The molecular formula is C26H46O2. The van der Waals surface area contributed by atoms with Gasteiger partial charge in [0.25, 0.3) is 0 Å². The third-order valence-electron chi connectivity index (χ3n) is 5.48. The van der Waals surface area contributed by atoms with Gasteiger partial charge in [0.1, 0.15) is 0 Å². The second-order valence-electron chi connectivity index (χ2n) is 8.14. The van der Waals surface area contributed by atoms with E-state index in [4.69, 9.17) is 9.47 Å². The summed E-state index contributed by atoms with van der Waals surface area (Å²) in [5.41, 5.74) is 1.23. The maximum absolute atomic E-state index is 5.97. The van der Waals surface area contributed by atoms with Gasteiger partial charge in [0.15, 0.2) is 0 Å². The zero-order chi connectivity index (χ0) is 20.1. The highest BCUT2D eigenvalue weighted by Crippen LogP contribution is 2.12. The lowest BCUT2D eigenvalue weighted by Gasteiger charge is -2.16. The maximum Gasteiger partial charge on any atom is 0.0810 e. The highest BCUT2D eigenvalue weighted by Gasteiger charge is 2.07. The molecule has 0 aliphatic heterocycles. The van der Waals surface area contributed by atoms with Crippen LogP contribution in [0.4, 0.5) is 0 Å². The molecule has 1 aromatic carbocycles. The van der Waals surface area contributed by atoms with E-state index in [1.165, 1.54) is 89.0 Å². The number of ether oxygens (including phenoxy) is 2. The van der Waals surface area contributed by atoms with Crippen molar-refractivity contribution in [2.45, 2.75) is 116 Å². The molecule has 0 aromatic heterocycles. The Bertz CT molecular complexity index is 418. The minimum Gasteiger partial charge on any atom is -0.379 e. The Labute approximate surface area is 175 Å². The second kappa shape index (κ2) is 19.5. The van der Waals surface area contributed by atoms with Crippen LogP contribution >= 0.6 is 0 Å². The van der Waals surface area contributed by atoms with Gasteiger partial charge in [-0.25, -0.2) is 0 Å². The van der Waals surface area contributed by atoms with Crippen molar-refractivity contribution in [3.8, 4) is 0 Å². The highest BCUT2D eigenvalue weighted by atomic mass is 16.5. The highest BCUT2D eigenvalue weighted by molar-refractivity contribution is 5.13. The summed E-state index contributed by atoms with van der Waals surface area (Å²) in [5, 5.41) is 0. The topological polar surface area (TPSA) is 18.5 Å². The minimum absolute atomic E-state index is 0.210. The predicted octanol–water partition coefficient (Wildman–Crippen LogP) is 8.09. The van der Waals surface area contributed by atoms with Crippen molar-refractivity contribution in [3.05, 3.63) is 35.9 Å². The van der Waals surface area contributed by atoms with Gasteiger partial charge in [-0.3, -0.25) is 0 Å². The molecular weight excluding hydrogens is 344 g/mol. The Kier molecular flexibility index (Phi) is 17.5. The fourth-order valence-corrected chi connectivity index (χ4v) is 3.51. The van der Waals surface area contributed by atoms with Crippen LogP contribution in [-0.4, -0.2) is 19.3 Å². The Morgan fingerprint density at radius 1 is 0.679 bits per heavy atom. The molecule has 1 rings (SSSR count). The lowest BCUT2D eigenvalue weighted by molar-refractivity contribution is -0.0269. The van der Waals surface area contributed by atoms with Crippen LogP contribution in [0.5, 0.6) is 0 Å². The Morgan fingerprint density at radius 3 is 1.75 bits per heavy atom. The molecule has 0 amide bonds. The number of unbranched alkanes of at least 4 members (excludes halogenated alkanes) is 12. The van der Waals surface area contributed by atoms with Crippen molar-refractivity contribution in [2.24, 2.45) is 0 Å². The maximum atomic E-state index is 5.97. The molecule has 0 saturated carbocycles. The number of hydrogen-bond donors (Lipinski definition) is 0. The van der Waals surface area contributed by atoms with E-state index in [0.717, 1.165) is 19.6 Å². The van der Waals surface area contributed by atoms with Gasteiger partial charge in [-0.2, -0.15) is 0 Å². The third kappa shape index (κ3) is 15.1. The fraction of sp³-hybridized carbons (Fsp3) is 0.769. The molecule has 162 valence electrons. The van der Waals surface area contributed by atoms with Crippen LogP contribution in [0.25, 0.3) is 0 Å². The molecule has 2 heteroatoms. The van der Waals surface area contributed by atoms with Gasteiger partial charge in [-0.15, -0.1) is 0 Å². The van der Waals surface area contributed by atoms with Crippen LogP contribution in [0, 0.1) is 0 Å². The predicted molar refractivity (Wildman–Crippen MR) is 122 cm³/mol. The van der Waals surface area contributed by atoms with Crippen LogP contribution in [0.2, 0.25) is 0 Å². The minimum atomic E-state index is 0.210. The fourth-order valence-electron chi connectivity index (χ4n) is 3.51. The van der Waals surface area contributed by atoms with E-state index < -0.39 is 0 Å². The van der Waals surface area contributed by atoms with Crippen LogP contribution in [0.1, 0.15) is 109 Å². The SMILES string of the molecule is CCCCCCCCCCCCCCCOCC(CC)OCc1ccccc1. The summed E-state index contributed by atoms with van der Waals surface area (Å²) >= 11 is 0. The summed E-state index contributed by atoms with van der Waals surface area (Å²) in [7, 11) is 0. The molecule has 1 aromatic rings. The first-order chi connectivity index (χ1) is 13.9. The molecule has 1 atom stereocenters. The zero-order valence-electron chi connectivity index (χ0n) is 18.8. The van der Waals surface area contributed by atoms with Crippen molar-refractivity contribution in [2.75, 3.05) is 13.2 Å². The first kappa shape index (κ1) is 25.2. The summed E-state index contributed by atoms with van der Waals surface area (Å²) in [6.07, 6.45) is 19.3. The summed E-state index contributed by atoms with van der Waals surface area (Å²) < 4.78 is 11.8. The molecule has 0 spiro atoms. The molecule has 0 N–H and O–H groups in total. The molecule has 0 aliphatic carbocycles. The number of benzene rings is 1. The quantitative estimate of drug-likeness (QED) is 0.209. The smallest absolute Gasteiger partial charge is 0.0810 e. The monoisotopic (exact) mass is 390 g/mol. The van der Waals surface area contributed by atoms with Crippen LogP contribution in [0.15, 0.2) is 30.3 Å². The summed E-state index contributed by atoms with van der Waals surface area (Å²) in [6.45, 7) is 6.74. The van der Waals surface area contributed by atoms with Gasteiger partial charge in [-0.1, -0.05) is 121 Å². The Balaban J connectivity index is 1.82. The molecule has 0 bridgehead atoms. The lowest BCUT2D eigenvalue weighted by atomic mass is 10.0. The second-order valence-corrected chi connectivity index (χ2v) is 8.14. The van der Waals surface area contributed by atoms with Crippen molar-refractivity contribution in [1.82, 2.24) is 0 Å². The van der Waals surface area contributed by atoms with Crippen molar-refractivity contribution >= 4 is 0 Å². The van der Waals surface area contributed by atoms with E-state index in [1.54, 1.807) is 0 Å². The van der Waals surface area contributed by atoms with E-state index in [9.17, 15) is 0 Å². The van der Waals surface area contributed by atoms with E-state index in [1.807, 2.05) is 6.07 Å². The van der Waals surface area contributed by atoms with Gasteiger partial charge < -0.3 is 9.47 Å². The third-order valence-corrected chi connectivity index (χ3v) is 5.48. The first-order valence-corrected chi connectivity index (χ1v) is 12.1. The summed E-state index contributed by atoms with van der Waals surface area (Å²) in [6, 6.07) is 10.4. The summed E-state index contributed by atoms with van der Waals surface area (Å²) in [4.78, 5) is 0. The Hall–Kier alpha value is -0.860. The van der Waals surface area contributed by atoms with Gasteiger partial charge in [0.05, 0.1) is 19.3 Å². The van der Waals surface area contributed by atoms with E-state index in [-0.39, 0.29) is 6.10 Å². The summed E-state index contributed by atoms with van der Waals surface area (Å²) in [5.74, 6) is 0. The molecule has 0 radical (unpaired) electrons. The van der Waals surface area contributed by atoms with E-state index in [0.29, 0.717) is 6.61 Å². The average molecular weight is 391 g/mol. The van der Waals surface area contributed by atoms with Crippen molar-refractivity contribution < 1.29 is 9.47 Å². The molecule has 1 unspecified atom stereocenters. The lowest BCUT2D eigenvalue weighted by Crippen LogP contribution is -2.19. The van der Waals surface area contributed by atoms with Crippen molar-refractivity contribution in [1.29, 1.82) is 0 Å². The van der Waals surface area contributed by atoms with Crippen LogP contribution in [-0.2, 0) is 16.1 Å². The van der Waals surface area contributed by atoms with Gasteiger partial charge in [-0.05, 0) is 18.4 Å². The molecule has 2 nitrogen and oxygen atoms in total. The molecule has 0 aliphatic rings. The first-order valence-electron chi connectivity index (χ1n) is 12.1. The molecule has 0 saturated heterocycles. The number of hydrogen-bond acceptors (Lipinski definition) is 2.